The lowest BCUT2D eigenvalue weighted by molar-refractivity contribution is -0.137. The summed E-state index contributed by atoms with van der Waals surface area (Å²) in [4.78, 5) is 33.5. The fourth-order valence-corrected chi connectivity index (χ4v) is 1.60. The third-order valence-corrected chi connectivity index (χ3v) is 2.62. The maximum Gasteiger partial charge on any atom is 0.303 e. The third kappa shape index (κ3) is 6.53. The molecular formula is C14H18N2O5. The molecule has 0 aliphatic rings. The lowest BCUT2D eigenvalue weighted by Gasteiger charge is -2.06. The molecule has 0 unspecified atom stereocenters. The van der Waals surface area contributed by atoms with Crippen molar-refractivity contribution in [3.63, 3.8) is 0 Å². The van der Waals surface area contributed by atoms with Gasteiger partial charge in [0.1, 0.15) is 0 Å². The summed E-state index contributed by atoms with van der Waals surface area (Å²) in [7, 11) is 0. The van der Waals surface area contributed by atoms with Gasteiger partial charge < -0.3 is 20.8 Å². The van der Waals surface area contributed by atoms with Crippen molar-refractivity contribution >= 4 is 23.5 Å². The topological polar surface area (TPSA) is 116 Å². The average Bonchev–Trinajstić information content (AvgIpc) is 2.45. The summed E-state index contributed by atoms with van der Waals surface area (Å²) in [6.45, 7) is 0.0527. The van der Waals surface area contributed by atoms with Gasteiger partial charge in [-0.3, -0.25) is 14.4 Å². The second kappa shape index (κ2) is 8.70. The number of hydrogen-bond acceptors (Lipinski definition) is 4. The highest BCUT2D eigenvalue weighted by atomic mass is 16.4. The minimum Gasteiger partial charge on any atom is -0.481 e. The number of amides is 2. The van der Waals surface area contributed by atoms with Crippen LogP contribution in [0.2, 0.25) is 0 Å². The normalized spacial score (nSPS) is 9.95. The number of hydrogen-bond donors (Lipinski definition) is 4. The second-order valence-electron chi connectivity index (χ2n) is 4.35. The maximum absolute atomic E-state index is 11.6. The standard InChI is InChI=1S/C14H18N2O5/c17-9-8-15-14(21)10-4-6-11(7-5-10)16-12(18)2-1-3-13(19)20/h4-7,17H,1-3,8-9H2,(H,15,21)(H,16,18)(H,19,20). The molecule has 7 heteroatoms. The maximum atomic E-state index is 11.6. The molecule has 0 aliphatic carbocycles. The molecule has 1 aromatic carbocycles. The molecule has 7 nitrogen and oxygen atoms in total. The zero-order valence-corrected chi connectivity index (χ0v) is 11.5. The summed E-state index contributed by atoms with van der Waals surface area (Å²) < 4.78 is 0. The fraction of sp³-hybridized carbons (Fsp3) is 0.357. The van der Waals surface area contributed by atoms with Crippen LogP contribution in [0, 0.1) is 0 Å². The Morgan fingerprint density at radius 3 is 2.29 bits per heavy atom. The summed E-state index contributed by atoms with van der Waals surface area (Å²) in [6.07, 6.45) is 0.366. The van der Waals surface area contributed by atoms with Crippen LogP contribution in [0.5, 0.6) is 0 Å². The lowest BCUT2D eigenvalue weighted by atomic mass is 10.2. The number of benzene rings is 1. The van der Waals surface area contributed by atoms with Crippen LogP contribution in [-0.4, -0.2) is 41.1 Å². The van der Waals surface area contributed by atoms with Gasteiger partial charge in [0.05, 0.1) is 6.61 Å². The second-order valence-corrected chi connectivity index (χ2v) is 4.35. The van der Waals surface area contributed by atoms with Crippen LogP contribution in [0.3, 0.4) is 0 Å². The molecule has 0 spiro atoms. The zero-order chi connectivity index (χ0) is 15.7. The molecule has 0 bridgehead atoms. The Morgan fingerprint density at radius 2 is 1.71 bits per heavy atom. The largest absolute Gasteiger partial charge is 0.481 e. The van der Waals surface area contributed by atoms with E-state index in [4.69, 9.17) is 10.2 Å². The highest BCUT2D eigenvalue weighted by Gasteiger charge is 2.07. The lowest BCUT2D eigenvalue weighted by Crippen LogP contribution is -2.26. The van der Waals surface area contributed by atoms with Gasteiger partial charge in [0, 0.05) is 30.6 Å². The van der Waals surface area contributed by atoms with Crippen molar-refractivity contribution < 1.29 is 24.6 Å². The van der Waals surface area contributed by atoms with Crippen LogP contribution >= 0.6 is 0 Å². The Labute approximate surface area is 122 Å². The molecule has 0 saturated heterocycles. The Kier molecular flexibility index (Phi) is 6.90. The van der Waals surface area contributed by atoms with E-state index < -0.39 is 5.97 Å². The van der Waals surface area contributed by atoms with Gasteiger partial charge in [-0.25, -0.2) is 0 Å². The molecule has 0 aromatic heterocycles. The number of aliphatic hydroxyl groups is 1. The molecule has 114 valence electrons. The van der Waals surface area contributed by atoms with Gasteiger partial charge in [0.15, 0.2) is 0 Å². The first kappa shape index (κ1) is 16.6. The van der Waals surface area contributed by atoms with Crippen LogP contribution in [0.1, 0.15) is 29.6 Å². The molecule has 1 aromatic rings. The van der Waals surface area contributed by atoms with Gasteiger partial charge in [-0.05, 0) is 30.7 Å². The van der Waals surface area contributed by atoms with Gasteiger partial charge in [0.2, 0.25) is 5.91 Å². The molecule has 0 heterocycles. The Bertz CT molecular complexity index is 499. The van der Waals surface area contributed by atoms with Crippen molar-refractivity contribution in [2.45, 2.75) is 19.3 Å². The van der Waals surface area contributed by atoms with E-state index in [1.807, 2.05) is 0 Å². The van der Waals surface area contributed by atoms with Gasteiger partial charge in [-0.1, -0.05) is 0 Å². The van der Waals surface area contributed by atoms with Crippen LogP contribution in [0.15, 0.2) is 24.3 Å². The molecule has 0 saturated carbocycles. The number of carboxylic acid groups (broad SMARTS) is 1. The monoisotopic (exact) mass is 294 g/mol. The minimum absolute atomic E-state index is 0.0443. The van der Waals surface area contributed by atoms with Gasteiger partial charge in [-0.15, -0.1) is 0 Å². The summed E-state index contributed by atoms with van der Waals surface area (Å²) in [5.41, 5.74) is 0.960. The molecule has 4 N–H and O–H groups in total. The number of aliphatic hydroxyl groups excluding tert-OH is 1. The Hall–Kier alpha value is -2.41. The van der Waals surface area contributed by atoms with Crippen LogP contribution in [-0.2, 0) is 9.59 Å². The number of carbonyl (C=O) groups is 3. The van der Waals surface area contributed by atoms with Crippen molar-refractivity contribution in [3.8, 4) is 0 Å². The number of carboxylic acids is 1. The predicted molar refractivity (Wildman–Crippen MR) is 76.0 cm³/mol. The average molecular weight is 294 g/mol. The number of carbonyl (C=O) groups excluding carboxylic acids is 2. The van der Waals surface area contributed by atoms with Crippen molar-refractivity contribution in [1.29, 1.82) is 0 Å². The van der Waals surface area contributed by atoms with Gasteiger partial charge in [-0.2, -0.15) is 0 Å². The van der Waals surface area contributed by atoms with Crippen LogP contribution in [0.25, 0.3) is 0 Å². The molecule has 0 atom stereocenters. The van der Waals surface area contributed by atoms with Crippen molar-refractivity contribution in [3.05, 3.63) is 29.8 Å². The van der Waals surface area contributed by atoms with Crippen molar-refractivity contribution in [2.24, 2.45) is 0 Å². The van der Waals surface area contributed by atoms with E-state index in [9.17, 15) is 14.4 Å². The molecule has 1 rings (SSSR count). The fourth-order valence-electron chi connectivity index (χ4n) is 1.60. The van der Waals surface area contributed by atoms with Gasteiger partial charge >= 0.3 is 5.97 Å². The highest BCUT2D eigenvalue weighted by molar-refractivity contribution is 5.95. The molecule has 0 aliphatic heterocycles. The third-order valence-electron chi connectivity index (χ3n) is 2.62. The Balaban J connectivity index is 2.45. The SMILES string of the molecule is O=C(O)CCCC(=O)Nc1ccc(C(=O)NCCO)cc1. The molecule has 2 amide bonds. The van der Waals surface area contributed by atoms with Crippen molar-refractivity contribution in [2.75, 3.05) is 18.5 Å². The number of rotatable bonds is 8. The number of anilines is 1. The first-order chi connectivity index (χ1) is 10.0. The molecule has 0 radical (unpaired) electrons. The summed E-state index contributed by atoms with van der Waals surface area (Å²) in [6, 6.07) is 6.28. The molecule has 21 heavy (non-hydrogen) atoms. The molecule has 0 fully saturated rings. The van der Waals surface area contributed by atoms with Crippen molar-refractivity contribution in [1.82, 2.24) is 5.32 Å². The van der Waals surface area contributed by atoms with E-state index in [1.165, 1.54) is 0 Å². The van der Waals surface area contributed by atoms with E-state index in [0.717, 1.165) is 0 Å². The smallest absolute Gasteiger partial charge is 0.303 e. The first-order valence-corrected chi connectivity index (χ1v) is 6.53. The highest BCUT2D eigenvalue weighted by Crippen LogP contribution is 2.10. The predicted octanol–water partition coefficient (Wildman–Crippen LogP) is 0.602. The summed E-state index contributed by atoms with van der Waals surface area (Å²) >= 11 is 0. The number of aliphatic carboxylic acids is 1. The van der Waals surface area contributed by atoms with E-state index in [2.05, 4.69) is 10.6 Å². The zero-order valence-electron chi connectivity index (χ0n) is 11.5. The summed E-state index contributed by atoms with van der Waals surface area (Å²) in [5.74, 6) is -1.50. The Morgan fingerprint density at radius 1 is 1.05 bits per heavy atom. The van der Waals surface area contributed by atoms with Crippen LogP contribution in [0.4, 0.5) is 5.69 Å². The van der Waals surface area contributed by atoms with E-state index >= 15 is 0 Å². The number of nitrogens with one attached hydrogen (secondary N) is 2. The first-order valence-electron chi connectivity index (χ1n) is 6.53. The van der Waals surface area contributed by atoms with Gasteiger partial charge in [0.25, 0.3) is 5.91 Å². The van der Waals surface area contributed by atoms with E-state index in [1.54, 1.807) is 24.3 Å². The van der Waals surface area contributed by atoms with E-state index in [-0.39, 0.29) is 44.2 Å². The quantitative estimate of drug-likeness (QED) is 0.560. The summed E-state index contributed by atoms with van der Waals surface area (Å²) in [5, 5.41) is 22.2. The van der Waals surface area contributed by atoms with Crippen LogP contribution < -0.4 is 10.6 Å². The molecular weight excluding hydrogens is 276 g/mol. The van der Waals surface area contributed by atoms with E-state index in [0.29, 0.717) is 11.3 Å². The minimum atomic E-state index is -0.930.